The number of benzene rings is 2. The third-order valence-corrected chi connectivity index (χ3v) is 3.55. The molecular weight excluding hydrogens is 292 g/mol. The Kier molecular flexibility index (Phi) is 5.78. The van der Waals surface area contributed by atoms with E-state index in [1.807, 2.05) is 31.2 Å². The van der Waals surface area contributed by atoms with Gasteiger partial charge in [0.2, 0.25) is 0 Å². The number of thiocarbonyl (C=S) groups is 1. The van der Waals surface area contributed by atoms with Gasteiger partial charge in [-0.15, -0.1) is 0 Å². The number of anilines is 1. The predicted octanol–water partition coefficient (Wildman–Crippen LogP) is 4.44. The molecular formula is C18H22N2OS. The second-order valence-corrected chi connectivity index (χ2v) is 5.60. The van der Waals surface area contributed by atoms with Crippen LogP contribution >= 0.6 is 12.2 Å². The van der Waals surface area contributed by atoms with Crippen molar-refractivity contribution >= 4 is 23.0 Å². The Balaban J connectivity index is 1.94. The first-order chi connectivity index (χ1) is 10.6. The Labute approximate surface area is 137 Å². The number of hydrogen-bond acceptors (Lipinski definition) is 2. The second-order valence-electron chi connectivity index (χ2n) is 5.19. The average molecular weight is 314 g/mol. The van der Waals surface area contributed by atoms with E-state index in [0.717, 1.165) is 11.4 Å². The summed E-state index contributed by atoms with van der Waals surface area (Å²) in [6.07, 6.45) is 0. The zero-order valence-electron chi connectivity index (χ0n) is 13.2. The number of rotatable bonds is 5. The molecule has 1 atom stereocenters. The molecule has 116 valence electrons. The standard InChI is InChI=1S/C18H22N2OS/c1-4-21-17-7-5-6-16(12-17)20-18(22)19-14(3)15-10-8-13(2)9-11-15/h5-12,14H,4H2,1-3H3,(H2,19,20,22)/t14-/m1/s1. The first-order valence-corrected chi connectivity index (χ1v) is 7.86. The van der Waals surface area contributed by atoms with Crippen molar-refractivity contribution in [3.63, 3.8) is 0 Å². The van der Waals surface area contributed by atoms with Crippen molar-refractivity contribution in [1.82, 2.24) is 5.32 Å². The van der Waals surface area contributed by atoms with Crippen molar-refractivity contribution in [2.75, 3.05) is 11.9 Å². The zero-order chi connectivity index (χ0) is 15.9. The molecule has 3 nitrogen and oxygen atoms in total. The summed E-state index contributed by atoms with van der Waals surface area (Å²) in [7, 11) is 0. The van der Waals surface area contributed by atoms with Gasteiger partial charge in [0.1, 0.15) is 5.75 Å². The summed E-state index contributed by atoms with van der Waals surface area (Å²) in [6.45, 7) is 6.79. The van der Waals surface area contributed by atoms with Crippen molar-refractivity contribution in [2.24, 2.45) is 0 Å². The highest BCUT2D eigenvalue weighted by Crippen LogP contribution is 2.18. The lowest BCUT2D eigenvalue weighted by atomic mass is 10.1. The van der Waals surface area contributed by atoms with Gasteiger partial charge in [-0.1, -0.05) is 35.9 Å². The molecule has 22 heavy (non-hydrogen) atoms. The van der Waals surface area contributed by atoms with E-state index in [1.165, 1.54) is 11.1 Å². The minimum Gasteiger partial charge on any atom is -0.494 e. The maximum atomic E-state index is 5.49. The largest absolute Gasteiger partial charge is 0.494 e. The molecule has 2 N–H and O–H groups in total. The fourth-order valence-corrected chi connectivity index (χ4v) is 2.43. The van der Waals surface area contributed by atoms with Gasteiger partial charge in [0.05, 0.1) is 12.6 Å². The van der Waals surface area contributed by atoms with E-state index in [4.69, 9.17) is 17.0 Å². The van der Waals surface area contributed by atoms with Gasteiger partial charge in [-0.3, -0.25) is 0 Å². The van der Waals surface area contributed by atoms with Crippen molar-refractivity contribution < 1.29 is 4.74 Å². The summed E-state index contributed by atoms with van der Waals surface area (Å²) in [5, 5.41) is 7.09. The van der Waals surface area contributed by atoms with Gasteiger partial charge >= 0.3 is 0 Å². The van der Waals surface area contributed by atoms with E-state index in [0.29, 0.717) is 11.7 Å². The van der Waals surface area contributed by atoms with Crippen LogP contribution in [0.4, 0.5) is 5.69 Å². The lowest BCUT2D eigenvalue weighted by molar-refractivity contribution is 0.340. The van der Waals surface area contributed by atoms with Crippen LogP contribution in [0, 0.1) is 6.92 Å². The first kappa shape index (κ1) is 16.3. The maximum absolute atomic E-state index is 5.49. The van der Waals surface area contributed by atoms with E-state index in [9.17, 15) is 0 Å². The average Bonchev–Trinajstić information content (AvgIpc) is 2.48. The molecule has 0 aromatic heterocycles. The highest BCUT2D eigenvalue weighted by atomic mass is 32.1. The van der Waals surface area contributed by atoms with E-state index >= 15 is 0 Å². The topological polar surface area (TPSA) is 33.3 Å². The molecule has 0 fully saturated rings. The quantitative estimate of drug-likeness (QED) is 0.799. The summed E-state index contributed by atoms with van der Waals surface area (Å²) in [5.41, 5.74) is 3.38. The van der Waals surface area contributed by atoms with Crippen LogP contribution in [-0.2, 0) is 0 Å². The summed E-state index contributed by atoms with van der Waals surface area (Å²) in [4.78, 5) is 0. The third kappa shape index (κ3) is 4.74. The molecule has 0 spiro atoms. The summed E-state index contributed by atoms with van der Waals surface area (Å²) in [6, 6.07) is 16.4. The van der Waals surface area contributed by atoms with E-state index < -0.39 is 0 Å². The molecule has 0 aliphatic carbocycles. The van der Waals surface area contributed by atoms with Crippen LogP contribution in [0.5, 0.6) is 5.75 Å². The van der Waals surface area contributed by atoms with Gasteiger partial charge in [0.25, 0.3) is 0 Å². The van der Waals surface area contributed by atoms with E-state index in [-0.39, 0.29) is 6.04 Å². The van der Waals surface area contributed by atoms with Crippen LogP contribution in [-0.4, -0.2) is 11.7 Å². The Morgan fingerprint density at radius 1 is 1.18 bits per heavy atom. The van der Waals surface area contributed by atoms with Crippen LogP contribution in [0.15, 0.2) is 48.5 Å². The molecule has 0 amide bonds. The minimum absolute atomic E-state index is 0.149. The Morgan fingerprint density at radius 3 is 2.59 bits per heavy atom. The van der Waals surface area contributed by atoms with Crippen molar-refractivity contribution in [3.05, 3.63) is 59.7 Å². The summed E-state index contributed by atoms with van der Waals surface area (Å²) in [5.74, 6) is 0.835. The number of aryl methyl sites for hydroxylation is 1. The van der Waals surface area contributed by atoms with Crippen LogP contribution in [0.3, 0.4) is 0 Å². The Hall–Kier alpha value is -2.07. The molecule has 2 aromatic rings. The van der Waals surface area contributed by atoms with Crippen LogP contribution < -0.4 is 15.4 Å². The first-order valence-electron chi connectivity index (χ1n) is 7.45. The maximum Gasteiger partial charge on any atom is 0.171 e. The Bertz CT molecular complexity index is 625. The van der Waals surface area contributed by atoms with E-state index in [1.54, 1.807) is 0 Å². The lowest BCUT2D eigenvalue weighted by Gasteiger charge is -2.18. The fourth-order valence-electron chi connectivity index (χ4n) is 2.13. The molecule has 0 aliphatic heterocycles. The van der Waals surface area contributed by atoms with Gasteiger partial charge in [-0.2, -0.15) is 0 Å². The van der Waals surface area contributed by atoms with Gasteiger partial charge in [0, 0.05) is 11.8 Å². The number of ether oxygens (including phenoxy) is 1. The van der Waals surface area contributed by atoms with Crippen molar-refractivity contribution in [3.8, 4) is 5.75 Å². The van der Waals surface area contributed by atoms with Crippen molar-refractivity contribution in [1.29, 1.82) is 0 Å². The number of nitrogens with one attached hydrogen (secondary N) is 2. The van der Waals surface area contributed by atoms with Crippen molar-refractivity contribution in [2.45, 2.75) is 26.8 Å². The minimum atomic E-state index is 0.149. The second kappa shape index (κ2) is 7.80. The molecule has 4 heteroatoms. The van der Waals surface area contributed by atoms with E-state index in [2.05, 4.69) is 48.7 Å². The molecule has 2 aromatic carbocycles. The molecule has 0 bridgehead atoms. The molecule has 0 saturated heterocycles. The van der Waals surface area contributed by atoms with Gasteiger partial charge in [0.15, 0.2) is 5.11 Å². The SMILES string of the molecule is CCOc1cccc(NC(=S)N[C@H](C)c2ccc(C)cc2)c1. The van der Waals surface area contributed by atoms with Crippen LogP contribution in [0.25, 0.3) is 0 Å². The monoisotopic (exact) mass is 314 g/mol. The zero-order valence-corrected chi connectivity index (χ0v) is 14.0. The van der Waals surface area contributed by atoms with Crippen LogP contribution in [0.2, 0.25) is 0 Å². The molecule has 2 rings (SSSR count). The van der Waals surface area contributed by atoms with Gasteiger partial charge < -0.3 is 15.4 Å². The Morgan fingerprint density at radius 2 is 1.91 bits per heavy atom. The highest BCUT2D eigenvalue weighted by Gasteiger charge is 2.07. The lowest BCUT2D eigenvalue weighted by Crippen LogP contribution is -2.30. The molecule has 0 aliphatic rings. The summed E-state index contributed by atoms with van der Waals surface area (Å²) >= 11 is 5.38. The third-order valence-electron chi connectivity index (χ3n) is 3.33. The molecule has 0 radical (unpaired) electrons. The highest BCUT2D eigenvalue weighted by molar-refractivity contribution is 7.80. The van der Waals surface area contributed by atoms with Gasteiger partial charge in [-0.05, 0) is 50.7 Å². The summed E-state index contributed by atoms with van der Waals surface area (Å²) < 4.78 is 5.49. The smallest absolute Gasteiger partial charge is 0.171 e. The number of hydrogen-bond donors (Lipinski definition) is 2. The normalized spacial score (nSPS) is 11.6. The predicted molar refractivity (Wildman–Crippen MR) is 96.6 cm³/mol. The molecule has 0 unspecified atom stereocenters. The fraction of sp³-hybridized carbons (Fsp3) is 0.278. The van der Waals surface area contributed by atoms with Crippen LogP contribution in [0.1, 0.15) is 31.0 Å². The van der Waals surface area contributed by atoms with Gasteiger partial charge in [-0.25, -0.2) is 0 Å². The molecule has 0 heterocycles. The molecule has 0 saturated carbocycles.